The van der Waals surface area contributed by atoms with E-state index >= 15 is 0 Å². The van der Waals surface area contributed by atoms with Crippen LogP contribution >= 0.6 is 24.0 Å². The van der Waals surface area contributed by atoms with Gasteiger partial charge in [0.1, 0.15) is 0 Å². The van der Waals surface area contributed by atoms with Gasteiger partial charge in [0, 0.05) is 24.7 Å². The molecule has 4 nitrogen and oxygen atoms in total. The van der Waals surface area contributed by atoms with Crippen molar-refractivity contribution in [1.82, 2.24) is 15.6 Å². The highest BCUT2D eigenvalue weighted by Gasteiger charge is 2.01. The molecular weight excluding hydrogens is 363 g/mol. The van der Waals surface area contributed by atoms with Crippen LogP contribution < -0.4 is 10.6 Å². The molecule has 0 aliphatic heterocycles. The number of guanidine groups is 1. The summed E-state index contributed by atoms with van der Waals surface area (Å²) >= 11 is 0. The Balaban J connectivity index is 0.00000200. The summed E-state index contributed by atoms with van der Waals surface area (Å²) in [4.78, 5) is 9.02. The molecule has 0 saturated carbocycles. The summed E-state index contributed by atoms with van der Waals surface area (Å²) in [5, 5.41) is 7.60. The number of hydrogen-bond acceptors (Lipinski definition) is 2. The highest BCUT2D eigenvalue weighted by molar-refractivity contribution is 14.0. The topological polar surface area (TPSA) is 49.3 Å². The summed E-state index contributed by atoms with van der Waals surface area (Å²) in [6.45, 7) is 6.47. The molecule has 0 atom stereocenters. The van der Waals surface area contributed by atoms with E-state index in [4.69, 9.17) is 0 Å². The zero-order valence-corrected chi connectivity index (χ0v) is 14.2. The van der Waals surface area contributed by atoms with Gasteiger partial charge in [0.25, 0.3) is 0 Å². The molecule has 5 heteroatoms. The third-order valence-electron chi connectivity index (χ3n) is 2.81. The standard InChI is InChI=1S/C15H20N4.HI/c1-3-16-15(17-4-2)19-11-13-8-5-7-12-9-6-10-18-14(12)13;/h5-10H,3-4,11H2,1-2H3,(H2,16,17,19);1H. The second-order valence-electron chi connectivity index (χ2n) is 4.22. The molecule has 0 fully saturated rings. The maximum atomic E-state index is 4.58. The molecular formula is C15H21IN4. The fraction of sp³-hybridized carbons (Fsp3) is 0.333. The van der Waals surface area contributed by atoms with Gasteiger partial charge in [0.2, 0.25) is 0 Å². The van der Waals surface area contributed by atoms with Crippen molar-refractivity contribution in [1.29, 1.82) is 0 Å². The molecule has 0 saturated heterocycles. The number of nitrogens with zero attached hydrogens (tertiary/aromatic N) is 2. The first-order valence-electron chi connectivity index (χ1n) is 6.70. The highest BCUT2D eigenvalue weighted by atomic mass is 127. The van der Waals surface area contributed by atoms with E-state index in [0.29, 0.717) is 6.54 Å². The summed E-state index contributed by atoms with van der Waals surface area (Å²) in [5.41, 5.74) is 2.17. The molecule has 1 aromatic heterocycles. The lowest BCUT2D eigenvalue weighted by molar-refractivity contribution is 0.840. The van der Waals surface area contributed by atoms with Gasteiger partial charge in [-0.25, -0.2) is 4.99 Å². The average molecular weight is 384 g/mol. The van der Waals surface area contributed by atoms with Crippen molar-refractivity contribution in [3.05, 3.63) is 42.1 Å². The fourth-order valence-electron chi connectivity index (χ4n) is 1.97. The number of aromatic nitrogens is 1. The zero-order chi connectivity index (χ0) is 13.5. The third-order valence-corrected chi connectivity index (χ3v) is 2.81. The lowest BCUT2D eigenvalue weighted by Crippen LogP contribution is -2.36. The van der Waals surface area contributed by atoms with Crippen LogP contribution in [0.2, 0.25) is 0 Å². The van der Waals surface area contributed by atoms with Gasteiger partial charge in [0.15, 0.2) is 5.96 Å². The number of benzene rings is 1. The van der Waals surface area contributed by atoms with Crippen LogP contribution in [0.25, 0.3) is 10.9 Å². The van der Waals surface area contributed by atoms with Crippen LogP contribution in [-0.2, 0) is 6.54 Å². The van der Waals surface area contributed by atoms with Crippen molar-refractivity contribution in [3.8, 4) is 0 Å². The van der Waals surface area contributed by atoms with Crippen molar-refractivity contribution in [2.24, 2.45) is 4.99 Å². The van der Waals surface area contributed by atoms with E-state index in [9.17, 15) is 0 Å². The summed E-state index contributed by atoms with van der Waals surface area (Å²) in [7, 11) is 0. The number of hydrogen-bond donors (Lipinski definition) is 2. The molecule has 0 aliphatic rings. The van der Waals surface area contributed by atoms with Gasteiger partial charge in [-0.3, -0.25) is 4.98 Å². The zero-order valence-electron chi connectivity index (χ0n) is 11.9. The van der Waals surface area contributed by atoms with Crippen LogP contribution in [0.15, 0.2) is 41.5 Å². The molecule has 2 aromatic rings. The second-order valence-corrected chi connectivity index (χ2v) is 4.22. The van der Waals surface area contributed by atoms with Gasteiger partial charge < -0.3 is 10.6 Å². The number of para-hydroxylation sites is 1. The number of halogens is 1. The molecule has 0 unspecified atom stereocenters. The van der Waals surface area contributed by atoms with Crippen molar-refractivity contribution in [2.45, 2.75) is 20.4 Å². The van der Waals surface area contributed by atoms with Gasteiger partial charge in [-0.05, 0) is 25.5 Å². The fourth-order valence-corrected chi connectivity index (χ4v) is 1.97. The van der Waals surface area contributed by atoms with Crippen LogP contribution in [-0.4, -0.2) is 24.0 Å². The molecule has 0 spiro atoms. The monoisotopic (exact) mass is 384 g/mol. The molecule has 1 heterocycles. The van der Waals surface area contributed by atoms with Crippen molar-refractivity contribution in [2.75, 3.05) is 13.1 Å². The Morgan fingerprint density at radius 3 is 2.50 bits per heavy atom. The van der Waals surface area contributed by atoms with E-state index in [0.717, 1.165) is 35.5 Å². The Labute approximate surface area is 137 Å². The number of pyridine rings is 1. The molecule has 1 aromatic carbocycles. The van der Waals surface area contributed by atoms with Crippen LogP contribution in [0.4, 0.5) is 0 Å². The van der Waals surface area contributed by atoms with Crippen LogP contribution in [0.1, 0.15) is 19.4 Å². The van der Waals surface area contributed by atoms with Gasteiger partial charge in [0.05, 0.1) is 12.1 Å². The van der Waals surface area contributed by atoms with Crippen molar-refractivity contribution in [3.63, 3.8) is 0 Å². The maximum Gasteiger partial charge on any atom is 0.191 e. The Morgan fingerprint density at radius 1 is 1.10 bits per heavy atom. The molecule has 0 amide bonds. The van der Waals surface area contributed by atoms with Crippen molar-refractivity contribution >= 4 is 40.8 Å². The predicted molar refractivity (Wildman–Crippen MR) is 95.7 cm³/mol. The maximum absolute atomic E-state index is 4.58. The summed E-state index contributed by atoms with van der Waals surface area (Å²) < 4.78 is 0. The number of nitrogens with one attached hydrogen (secondary N) is 2. The minimum atomic E-state index is 0. The van der Waals surface area contributed by atoms with Gasteiger partial charge >= 0.3 is 0 Å². The first kappa shape index (κ1) is 16.7. The lowest BCUT2D eigenvalue weighted by atomic mass is 10.1. The molecule has 0 aliphatic carbocycles. The normalized spacial score (nSPS) is 9.70. The Hall–Kier alpha value is -1.37. The van der Waals surface area contributed by atoms with Crippen LogP contribution in [0, 0.1) is 0 Å². The number of rotatable bonds is 4. The first-order valence-corrected chi connectivity index (χ1v) is 6.70. The summed E-state index contributed by atoms with van der Waals surface area (Å²) in [6, 6.07) is 10.2. The summed E-state index contributed by atoms with van der Waals surface area (Å²) in [6.07, 6.45) is 1.82. The predicted octanol–water partition coefficient (Wildman–Crippen LogP) is 2.93. The van der Waals surface area contributed by atoms with Gasteiger partial charge in [-0.1, -0.05) is 24.3 Å². The second kappa shape index (κ2) is 8.73. The van der Waals surface area contributed by atoms with Gasteiger partial charge in [-0.15, -0.1) is 24.0 Å². The highest BCUT2D eigenvalue weighted by Crippen LogP contribution is 2.16. The minimum Gasteiger partial charge on any atom is -0.357 e. The molecule has 0 radical (unpaired) electrons. The van der Waals surface area contributed by atoms with E-state index in [2.05, 4.69) is 58.7 Å². The molecule has 2 rings (SSSR count). The minimum absolute atomic E-state index is 0. The molecule has 2 N–H and O–H groups in total. The summed E-state index contributed by atoms with van der Waals surface area (Å²) in [5.74, 6) is 0.845. The van der Waals surface area contributed by atoms with Crippen LogP contribution in [0.3, 0.4) is 0 Å². The van der Waals surface area contributed by atoms with E-state index in [1.807, 2.05) is 12.3 Å². The van der Waals surface area contributed by atoms with Crippen molar-refractivity contribution < 1.29 is 0 Å². The molecule has 0 bridgehead atoms. The quantitative estimate of drug-likeness (QED) is 0.484. The lowest BCUT2D eigenvalue weighted by Gasteiger charge is -2.09. The first-order chi connectivity index (χ1) is 9.35. The number of fused-ring (bicyclic) bond motifs is 1. The van der Waals surface area contributed by atoms with E-state index < -0.39 is 0 Å². The van der Waals surface area contributed by atoms with Gasteiger partial charge in [-0.2, -0.15) is 0 Å². The smallest absolute Gasteiger partial charge is 0.191 e. The average Bonchev–Trinajstić information content (AvgIpc) is 2.45. The van der Waals surface area contributed by atoms with Crippen LogP contribution in [0.5, 0.6) is 0 Å². The SMILES string of the molecule is CCNC(=NCc1cccc2cccnc12)NCC.I. The number of aliphatic imine (C=N–C) groups is 1. The third kappa shape index (κ3) is 4.33. The molecule has 20 heavy (non-hydrogen) atoms. The molecule has 108 valence electrons. The largest absolute Gasteiger partial charge is 0.357 e. The van der Waals surface area contributed by atoms with E-state index in [1.165, 1.54) is 0 Å². The Bertz CT molecular complexity index is 555. The van der Waals surface area contributed by atoms with E-state index in [-0.39, 0.29) is 24.0 Å². The Morgan fingerprint density at radius 2 is 1.80 bits per heavy atom. The Kier molecular flexibility index (Phi) is 7.28. The van der Waals surface area contributed by atoms with E-state index in [1.54, 1.807) is 0 Å².